The SMILES string of the molecule is CNc1cccnc1S(=O)(=O)NCc1cnccc1C. The summed E-state index contributed by atoms with van der Waals surface area (Å²) in [5.74, 6) is 0. The topological polar surface area (TPSA) is 84.0 Å². The lowest BCUT2D eigenvalue weighted by molar-refractivity contribution is 0.577. The van der Waals surface area contributed by atoms with E-state index >= 15 is 0 Å². The predicted octanol–water partition coefficient (Wildman–Crippen LogP) is 1.31. The maximum absolute atomic E-state index is 12.3. The molecule has 2 aromatic heterocycles. The molecule has 0 aliphatic carbocycles. The van der Waals surface area contributed by atoms with E-state index in [0.717, 1.165) is 11.1 Å². The number of aryl methyl sites for hydroxylation is 1. The van der Waals surface area contributed by atoms with Crippen molar-refractivity contribution in [2.75, 3.05) is 12.4 Å². The van der Waals surface area contributed by atoms with Gasteiger partial charge in [-0.25, -0.2) is 18.1 Å². The van der Waals surface area contributed by atoms with Gasteiger partial charge in [0.25, 0.3) is 10.0 Å². The molecule has 0 saturated carbocycles. The molecule has 0 aromatic carbocycles. The number of rotatable bonds is 5. The van der Waals surface area contributed by atoms with E-state index in [0.29, 0.717) is 5.69 Å². The Morgan fingerprint density at radius 3 is 2.75 bits per heavy atom. The number of hydrogen-bond acceptors (Lipinski definition) is 5. The zero-order valence-corrected chi connectivity index (χ0v) is 12.1. The quantitative estimate of drug-likeness (QED) is 0.868. The summed E-state index contributed by atoms with van der Waals surface area (Å²) in [6.07, 6.45) is 4.77. The summed E-state index contributed by atoms with van der Waals surface area (Å²) in [4.78, 5) is 7.92. The number of pyridine rings is 2. The van der Waals surface area contributed by atoms with Crippen LogP contribution in [0.4, 0.5) is 5.69 Å². The number of hydrogen-bond donors (Lipinski definition) is 2. The third-order valence-corrected chi connectivity index (χ3v) is 4.25. The van der Waals surface area contributed by atoms with Crippen molar-refractivity contribution >= 4 is 15.7 Å². The minimum atomic E-state index is -3.67. The van der Waals surface area contributed by atoms with Crippen LogP contribution in [0.2, 0.25) is 0 Å². The fraction of sp³-hybridized carbons (Fsp3) is 0.231. The summed E-state index contributed by atoms with van der Waals surface area (Å²) in [6.45, 7) is 2.09. The second-order valence-corrected chi connectivity index (χ2v) is 5.92. The number of anilines is 1. The zero-order chi connectivity index (χ0) is 14.6. The van der Waals surface area contributed by atoms with E-state index in [2.05, 4.69) is 20.0 Å². The van der Waals surface area contributed by atoms with E-state index < -0.39 is 10.0 Å². The standard InChI is InChI=1S/C13H16N4O2S/c1-10-5-7-15-8-11(10)9-17-20(18,19)13-12(14-2)4-3-6-16-13/h3-8,14,17H,9H2,1-2H3. The van der Waals surface area contributed by atoms with Crippen molar-refractivity contribution in [3.05, 3.63) is 47.9 Å². The average Bonchev–Trinajstić information content (AvgIpc) is 2.46. The fourth-order valence-corrected chi connectivity index (χ4v) is 2.86. The maximum atomic E-state index is 12.3. The van der Waals surface area contributed by atoms with Crippen LogP contribution >= 0.6 is 0 Å². The molecule has 2 rings (SSSR count). The minimum absolute atomic E-state index is 0.0101. The summed E-state index contributed by atoms with van der Waals surface area (Å²) in [5.41, 5.74) is 2.28. The summed E-state index contributed by atoms with van der Waals surface area (Å²) < 4.78 is 27.1. The number of nitrogens with zero attached hydrogens (tertiary/aromatic N) is 2. The maximum Gasteiger partial charge on any atom is 0.260 e. The van der Waals surface area contributed by atoms with Gasteiger partial charge in [-0.15, -0.1) is 0 Å². The molecule has 0 bridgehead atoms. The largest absolute Gasteiger partial charge is 0.386 e. The fourth-order valence-electron chi connectivity index (χ4n) is 1.72. The Bertz CT molecular complexity index is 701. The molecule has 0 amide bonds. The highest BCUT2D eigenvalue weighted by molar-refractivity contribution is 7.89. The predicted molar refractivity (Wildman–Crippen MR) is 76.8 cm³/mol. The lowest BCUT2D eigenvalue weighted by Crippen LogP contribution is -2.25. The third kappa shape index (κ3) is 3.12. The lowest BCUT2D eigenvalue weighted by atomic mass is 10.2. The summed E-state index contributed by atoms with van der Waals surface area (Å²) in [5, 5.41) is 2.81. The highest BCUT2D eigenvalue weighted by Gasteiger charge is 2.19. The molecule has 6 nitrogen and oxygen atoms in total. The molecule has 0 spiro atoms. The van der Waals surface area contributed by atoms with Gasteiger partial charge in [-0.2, -0.15) is 0 Å². The van der Waals surface area contributed by atoms with Gasteiger partial charge >= 0.3 is 0 Å². The van der Waals surface area contributed by atoms with Crippen LogP contribution in [-0.2, 0) is 16.6 Å². The summed E-state index contributed by atoms with van der Waals surface area (Å²) >= 11 is 0. The molecule has 0 aliphatic rings. The highest BCUT2D eigenvalue weighted by atomic mass is 32.2. The molecule has 0 unspecified atom stereocenters. The second-order valence-electron chi connectivity index (χ2n) is 4.23. The van der Waals surface area contributed by atoms with E-state index in [4.69, 9.17) is 0 Å². The van der Waals surface area contributed by atoms with Gasteiger partial charge in [-0.05, 0) is 36.2 Å². The number of aromatic nitrogens is 2. The monoisotopic (exact) mass is 292 g/mol. The Kier molecular flexibility index (Phi) is 4.31. The summed E-state index contributed by atoms with van der Waals surface area (Å²) in [7, 11) is -2.02. The van der Waals surface area contributed by atoms with E-state index in [9.17, 15) is 8.42 Å². The van der Waals surface area contributed by atoms with Gasteiger partial charge in [-0.1, -0.05) is 0 Å². The van der Waals surface area contributed by atoms with E-state index in [1.807, 2.05) is 13.0 Å². The van der Waals surface area contributed by atoms with Crippen molar-refractivity contribution in [2.45, 2.75) is 18.5 Å². The first-order valence-corrected chi connectivity index (χ1v) is 7.55. The normalized spacial score (nSPS) is 11.3. The van der Waals surface area contributed by atoms with Crippen LogP contribution in [0.25, 0.3) is 0 Å². The Morgan fingerprint density at radius 2 is 2.05 bits per heavy atom. The molecule has 0 atom stereocenters. The van der Waals surface area contributed by atoms with Gasteiger partial charge < -0.3 is 5.32 Å². The molecule has 106 valence electrons. The Balaban J connectivity index is 2.22. The van der Waals surface area contributed by atoms with Gasteiger partial charge in [0, 0.05) is 32.2 Å². The average molecular weight is 292 g/mol. The highest BCUT2D eigenvalue weighted by Crippen LogP contribution is 2.17. The van der Waals surface area contributed by atoms with Crippen LogP contribution in [-0.4, -0.2) is 25.4 Å². The van der Waals surface area contributed by atoms with Gasteiger partial charge in [0.2, 0.25) is 0 Å². The molecule has 2 aromatic rings. The van der Waals surface area contributed by atoms with Gasteiger partial charge in [-0.3, -0.25) is 4.98 Å². The molecule has 20 heavy (non-hydrogen) atoms. The molecule has 7 heteroatoms. The molecule has 2 N–H and O–H groups in total. The van der Waals surface area contributed by atoms with Crippen LogP contribution in [0.5, 0.6) is 0 Å². The third-order valence-electron chi connectivity index (χ3n) is 2.90. The van der Waals surface area contributed by atoms with Crippen LogP contribution in [0.15, 0.2) is 41.8 Å². The molecular formula is C13H16N4O2S. The number of nitrogens with one attached hydrogen (secondary N) is 2. The molecule has 2 heterocycles. The van der Waals surface area contributed by atoms with Gasteiger partial charge in [0.05, 0.1) is 5.69 Å². The van der Waals surface area contributed by atoms with E-state index in [-0.39, 0.29) is 11.6 Å². The smallest absolute Gasteiger partial charge is 0.260 e. The van der Waals surface area contributed by atoms with Crippen LogP contribution < -0.4 is 10.0 Å². The van der Waals surface area contributed by atoms with Crippen LogP contribution in [0, 0.1) is 6.92 Å². The van der Waals surface area contributed by atoms with Crippen molar-refractivity contribution in [1.29, 1.82) is 0 Å². The van der Waals surface area contributed by atoms with E-state index in [1.54, 1.807) is 31.6 Å². The molecule has 0 aliphatic heterocycles. The lowest BCUT2D eigenvalue weighted by Gasteiger charge is -2.10. The Hall–Kier alpha value is -1.99. The van der Waals surface area contributed by atoms with Crippen molar-refractivity contribution < 1.29 is 8.42 Å². The summed E-state index contributed by atoms with van der Waals surface area (Å²) in [6, 6.07) is 5.18. The molecular weight excluding hydrogens is 276 g/mol. The van der Waals surface area contributed by atoms with Crippen molar-refractivity contribution in [2.24, 2.45) is 0 Å². The minimum Gasteiger partial charge on any atom is -0.386 e. The van der Waals surface area contributed by atoms with Crippen molar-refractivity contribution in [3.63, 3.8) is 0 Å². The van der Waals surface area contributed by atoms with Crippen molar-refractivity contribution in [3.8, 4) is 0 Å². The first-order chi connectivity index (χ1) is 9.54. The second kappa shape index (κ2) is 5.98. The van der Waals surface area contributed by atoms with Gasteiger partial charge in [0.15, 0.2) is 5.03 Å². The van der Waals surface area contributed by atoms with E-state index in [1.165, 1.54) is 6.20 Å². The van der Waals surface area contributed by atoms with Crippen molar-refractivity contribution in [1.82, 2.24) is 14.7 Å². The molecule has 0 saturated heterocycles. The molecule has 0 radical (unpaired) electrons. The molecule has 0 fully saturated rings. The first kappa shape index (κ1) is 14.4. The first-order valence-electron chi connectivity index (χ1n) is 6.06. The van der Waals surface area contributed by atoms with Crippen LogP contribution in [0.3, 0.4) is 0 Å². The zero-order valence-electron chi connectivity index (χ0n) is 11.3. The number of sulfonamides is 1. The Morgan fingerprint density at radius 1 is 1.25 bits per heavy atom. The van der Waals surface area contributed by atoms with Gasteiger partial charge in [0.1, 0.15) is 0 Å². The Labute approximate surface area is 118 Å². The van der Waals surface area contributed by atoms with Crippen LogP contribution in [0.1, 0.15) is 11.1 Å².